The molecule has 1 aliphatic heterocycles. The summed E-state index contributed by atoms with van der Waals surface area (Å²) in [6.45, 7) is 8.97. The maximum absolute atomic E-state index is 4.98. The zero-order valence-electron chi connectivity index (χ0n) is 12.4. The highest BCUT2D eigenvalue weighted by atomic mass is 79.9. The minimum absolute atomic E-state index is 0.133. The van der Waals surface area contributed by atoms with E-state index in [0.29, 0.717) is 6.04 Å². The molecule has 20 heavy (non-hydrogen) atoms. The molecule has 1 aromatic heterocycles. The molecule has 0 bridgehead atoms. The molecule has 1 atom stereocenters. The van der Waals surface area contributed by atoms with Crippen LogP contribution in [-0.2, 0) is 5.41 Å². The van der Waals surface area contributed by atoms with Gasteiger partial charge in [-0.25, -0.2) is 4.98 Å². The number of fused-ring (bicyclic) bond motifs is 1. The average molecular weight is 336 g/mol. The molecule has 0 radical (unpaired) electrons. The van der Waals surface area contributed by atoms with E-state index in [0.717, 1.165) is 23.1 Å². The van der Waals surface area contributed by atoms with Gasteiger partial charge in [-0.05, 0) is 51.4 Å². The van der Waals surface area contributed by atoms with Gasteiger partial charge in [-0.15, -0.1) is 0 Å². The van der Waals surface area contributed by atoms with Gasteiger partial charge >= 0.3 is 0 Å². The van der Waals surface area contributed by atoms with Crippen LogP contribution in [0.25, 0.3) is 11.0 Å². The van der Waals surface area contributed by atoms with E-state index in [-0.39, 0.29) is 5.41 Å². The van der Waals surface area contributed by atoms with Crippen molar-refractivity contribution in [1.82, 2.24) is 14.9 Å². The molecule has 0 saturated carbocycles. The van der Waals surface area contributed by atoms with Crippen molar-refractivity contribution >= 4 is 27.0 Å². The largest absolute Gasteiger partial charge is 0.325 e. The van der Waals surface area contributed by atoms with Crippen molar-refractivity contribution < 1.29 is 0 Å². The number of hydrogen-bond acceptors (Lipinski definition) is 2. The van der Waals surface area contributed by atoms with E-state index < -0.39 is 0 Å². The number of benzene rings is 1. The molecule has 0 spiro atoms. The van der Waals surface area contributed by atoms with Gasteiger partial charge in [0.1, 0.15) is 5.82 Å². The van der Waals surface area contributed by atoms with Crippen molar-refractivity contribution in [3.8, 4) is 0 Å². The Labute approximate surface area is 128 Å². The third-order valence-corrected chi connectivity index (χ3v) is 4.80. The standard InChI is InChI=1S/C16H22BrN3/c1-11(2)20-14-6-5-12(17)9-13(14)19-15(20)16(3)7-4-8-18-10-16/h5-6,9,11,18H,4,7-8,10H2,1-3H3. The molecule has 3 rings (SSSR count). The molecule has 2 aromatic rings. The lowest BCUT2D eigenvalue weighted by Gasteiger charge is -2.34. The fourth-order valence-electron chi connectivity index (χ4n) is 3.27. The quantitative estimate of drug-likeness (QED) is 0.898. The predicted octanol–water partition coefficient (Wildman–Crippen LogP) is 4.02. The van der Waals surface area contributed by atoms with Crippen LogP contribution in [0, 0.1) is 0 Å². The van der Waals surface area contributed by atoms with Crippen LogP contribution in [0.4, 0.5) is 0 Å². The summed E-state index contributed by atoms with van der Waals surface area (Å²) in [5.74, 6) is 1.23. The Bertz CT molecular complexity index is 624. The second-order valence-corrected chi connectivity index (χ2v) is 7.29. The molecular weight excluding hydrogens is 314 g/mol. The van der Waals surface area contributed by atoms with E-state index >= 15 is 0 Å². The highest BCUT2D eigenvalue weighted by Gasteiger charge is 2.34. The maximum atomic E-state index is 4.98. The number of nitrogens with zero attached hydrogens (tertiary/aromatic N) is 2. The Morgan fingerprint density at radius 1 is 1.40 bits per heavy atom. The minimum atomic E-state index is 0.133. The molecular formula is C16H22BrN3. The summed E-state index contributed by atoms with van der Waals surface area (Å²) in [6, 6.07) is 6.83. The smallest absolute Gasteiger partial charge is 0.117 e. The van der Waals surface area contributed by atoms with Gasteiger partial charge in [-0.1, -0.05) is 22.9 Å². The number of aromatic nitrogens is 2. The molecule has 1 unspecified atom stereocenters. The Balaban J connectivity index is 2.21. The van der Waals surface area contributed by atoms with Crippen molar-refractivity contribution in [2.45, 2.75) is 45.1 Å². The van der Waals surface area contributed by atoms with Crippen LogP contribution in [0.1, 0.15) is 45.5 Å². The predicted molar refractivity (Wildman–Crippen MR) is 87.3 cm³/mol. The van der Waals surface area contributed by atoms with Crippen molar-refractivity contribution in [1.29, 1.82) is 0 Å². The second-order valence-electron chi connectivity index (χ2n) is 6.37. The topological polar surface area (TPSA) is 29.9 Å². The van der Waals surface area contributed by atoms with E-state index in [1.165, 1.54) is 24.2 Å². The SMILES string of the molecule is CC(C)n1c(C2(C)CCCNC2)nc2cc(Br)ccc21. The van der Waals surface area contributed by atoms with Crippen molar-refractivity contribution in [3.63, 3.8) is 0 Å². The second kappa shape index (κ2) is 5.15. The summed E-state index contributed by atoms with van der Waals surface area (Å²) in [6.07, 6.45) is 2.43. The summed E-state index contributed by atoms with van der Waals surface area (Å²) in [4.78, 5) is 4.98. The van der Waals surface area contributed by atoms with Gasteiger partial charge in [0.25, 0.3) is 0 Å². The normalized spacial score (nSPS) is 23.6. The number of nitrogens with one attached hydrogen (secondary N) is 1. The third kappa shape index (κ3) is 2.29. The molecule has 1 saturated heterocycles. The first-order valence-electron chi connectivity index (χ1n) is 7.40. The number of hydrogen-bond donors (Lipinski definition) is 1. The molecule has 1 aromatic carbocycles. The molecule has 1 aliphatic rings. The van der Waals surface area contributed by atoms with E-state index in [9.17, 15) is 0 Å². The third-order valence-electron chi connectivity index (χ3n) is 4.31. The summed E-state index contributed by atoms with van der Waals surface area (Å²) in [5, 5.41) is 3.53. The zero-order valence-corrected chi connectivity index (χ0v) is 14.0. The van der Waals surface area contributed by atoms with Crippen molar-refractivity contribution in [3.05, 3.63) is 28.5 Å². The minimum Gasteiger partial charge on any atom is -0.325 e. The van der Waals surface area contributed by atoms with Gasteiger partial charge in [0.2, 0.25) is 0 Å². The molecule has 3 nitrogen and oxygen atoms in total. The molecule has 0 amide bonds. The summed E-state index contributed by atoms with van der Waals surface area (Å²) in [7, 11) is 0. The molecule has 2 heterocycles. The highest BCUT2D eigenvalue weighted by molar-refractivity contribution is 9.10. The van der Waals surface area contributed by atoms with Gasteiger partial charge in [-0.3, -0.25) is 0 Å². The van der Waals surface area contributed by atoms with E-state index in [1.807, 2.05) is 0 Å². The van der Waals surface area contributed by atoms with Crippen molar-refractivity contribution in [2.24, 2.45) is 0 Å². The van der Waals surface area contributed by atoms with Crippen LogP contribution >= 0.6 is 15.9 Å². The molecule has 1 fully saturated rings. The molecule has 108 valence electrons. The Kier molecular flexibility index (Phi) is 3.63. The van der Waals surface area contributed by atoms with Gasteiger partial charge < -0.3 is 9.88 Å². The van der Waals surface area contributed by atoms with Crippen molar-refractivity contribution in [2.75, 3.05) is 13.1 Å². The summed E-state index contributed by atoms with van der Waals surface area (Å²) < 4.78 is 3.51. The monoisotopic (exact) mass is 335 g/mol. The highest BCUT2D eigenvalue weighted by Crippen LogP contribution is 2.35. The van der Waals surface area contributed by atoms with Crippen LogP contribution < -0.4 is 5.32 Å². The number of halogens is 1. The summed E-state index contributed by atoms with van der Waals surface area (Å²) in [5.41, 5.74) is 2.47. The molecule has 4 heteroatoms. The van der Waals surface area contributed by atoms with Crippen LogP contribution in [-0.4, -0.2) is 22.6 Å². The zero-order chi connectivity index (χ0) is 14.3. The van der Waals surface area contributed by atoms with Crippen LogP contribution in [0.2, 0.25) is 0 Å². The first-order valence-corrected chi connectivity index (χ1v) is 8.19. The Morgan fingerprint density at radius 2 is 2.20 bits per heavy atom. The maximum Gasteiger partial charge on any atom is 0.117 e. The fraction of sp³-hybridized carbons (Fsp3) is 0.562. The van der Waals surface area contributed by atoms with Gasteiger partial charge in [-0.2, -0.15) is 0 Å². The number of rotatable bonds is 2. The van der Waals surface area contributed by atoms with Gasteiger partial charge in [0.15, 0.2) is 0 Å². The summed E-state index contributed by atoms with van der Waals surface area (Å²) >= 11 is 3.55. The lowest BCUT2D eigenvalue weighted by atomic mass is 9.81. The number of piperidine rings is 1. The molecule has 1 N–H and O–H groups in total. The lowest BCUT2D eigenvalue weighted by molar-refractivity contribution is 0.310. The van der Waals surface area contributed by atoms with Crippen LogP contribution in [0.5, 0.6) is 0 Å². The first-order chi connectivity index (χ1) is 9.51. The van der Waals surface area contributed by atoms with Crippen LogP contribution in [0.15, 0.2) is 22.7 Å². The average Bonchev–Trinajstić information content (AvgIpc) is 2.78. The lowest BCUT2D eigenvalue weighted by Crippen LogP contribution is -2.43. The number of imidazole rings is 1. The fourth-order valence-corrected chi connectivity index (χ4v) is 3.62. The Hall–Kier alpha value is -0.870. The molecule has 0 aliphatic carbocycles. The van der Waals surface area contributed by atoms with E-state index in [4.69, 9.17) is 4.98 Å². The van der Waals surface area contributed by atoms with Gasteiger partial charge in [0, 0.05) is 22.5 Å². The first kappa shape index (κ1) is 14.1. The van der Waals surface area contributed by atoms with E-state index in [2.05, 4.69) is 64.8 Å². The van der Waals surface area contributed by atoms with Gasteiger partial charge in [0.05, 0.1) is 11.0 Å². The Morgan fingerprint density at radius 3 is 2.85 bits per heavy atom. The van der Waals surface area contributed by atoms with Crippen LogP contribution in [0.3, 0.4) is 0 Å². The van der Waals surface area contributed by atoms with E-state index in [1.54, 1.807) is 0 Å².